The first kappa shape index (κ1) is 21.6. The molecular formula is C37H26. The minimum atomic E-state index is 1.24. The van der Waals surface area contributed by atoms with Crippen LogP contribution in [0.5, 0.6) is 0 Å². The van der Waals surface area contributed by atoms with Crippen LogP contribution in [0.2, 0.25) is 0 Å². The van der Waals surface area contributed by atoms with E-state index in [1.807, 2.05) is 0 Å². The molecule has 0 nitrogen and oxygen atoms in total. The van der Waals surface area contributed by atoms with Gasteiger partial charge in [-0.2, -0.15) is 0 Å². The van der Waals surface area contributed by atoms with Crippen molar-refractivity contribution in [3.63, 3.8) is 0 Å². The van der Waals surface area contributed by atoms with Gasteiger partial charge in [0.2, 0.25) is 0 Å². The maximum absolute atomic E-state index is 2.39. The monoisotopic (exact) mass is 470 g/mol. The molecule has 7 aromatic rings. The third-order valence-electron chi connectivity index (χ3n) is 7.48. The van der Waals surface area contributed by atoms with Crippen molar-refractivity contribution < 1.29 is 0 Å². The van der Waals surface area contributed by atoms with E-state index in [2.05, 4.69) is 146 Å². The lowest BCUT2D eigenvalue weighted by molar-refractivity contribution is 1.51. The van der Waals surface area contributed by atoms with Crippen LogP contribution in [0.25, 0.3) is 65.7 Å². The van der Waals surface area contributed by atoms with Gasteiger partial charge in [-0.25, -0.2) is 0 Å². The molecule has 0 bridgehead atoms. The molecule has 0 spiro atoms. The van der Waals surface area contributed by atoms with Crippen LogP contribution in [-0.2, 0) is 0 Å². The fourth-order valence-corrected chi connectivity index (χ4v) is 5.80. The van der Waals surface area contributed by atoms with Crippen molar-refractivity contribution in [2.24, 2.45) is 0 Å². The van der Waals surface area contributed by atoms with Gasteiger partial charge in [-0.05, 0) is 84.8 Å². The average molecular weight is 471 g/mol. The number of fused-ring (bicyclic) bond motifs is 3. The van der Waals surface area contributed by atoms with Crippen molar-refractivity contribution in [2.45, 2.75) is 6.92 Å². The lowest BCUT2D eigenvalue weighted by atomic mass is 9.82. The zero-order chi connectivity index (χ0) is 24.8. The summed E-state index contributed by atoms with van der Waals surface area (Å²) in [6.45, 7) is 2.19. The molecule has 0 amide bonds. The van der Waals surface area contributed by atoms with Crippen molar-refractivity contribution in [2.75, 3.05) is 0 Å². The Kier molecular flexibility index (Phi) is 5.11. The summed E-state index contributed by atoms with van der Waals surface area (Å²) in [5, 5.41) is 7.67. The largest absolute Gasteiger partial charge is 0.0622 e. The molecule has 0 radical (unpaired) electrons. The number of rotatable bonds is 3. The van der Waals surface area contributed by atoms with Crippen LogP contribution in [0.3, 0.4) is 0 Å². The van der Waals surface area contributed by atoms with Crippen LogP contribution in [0, 0.1) is 6.92 Å². The molecule has 7 aromatic carbocycles. The van der Waals surface area contributed by atoms with Gasteiger partial charge in [0.05, 0.1) is 0 Å². The van der Waals surface area contributed by atoms with E-state index in [1.54, 1.807) is 0 Å². The highest BCUT2D eigenvalue weighted by molar-refractivity contribution is 6.23. The van der Waals surface area contributed by atoms with Gasteiger partial charge in [-0.15, -0.1) is 0 Å². The lowest BCUT2D eigenvalue weighted by Gasteiger charge is -2.20. The lowest BCUT2D eigenvalue weighted by Crippen LogP contribution is -1.93. The first-order valence-electron chi connectivity index (χ1n) is 12.9. The zero-order valence-electron chi connectivity index (χ0n) is 20.8. The highest BCUT2D eigenvalue weighted by Gasteiger charge is 2.19. The van der Waals surface area contributed by atoms with Crippen molar-refractivity contribution in [3.05, 3.63) is 145 Å². The normalized spacial score (nSPS) is 11.4. The molecule has 0 aromatic heterocycles. The third kappa shape index (κ3) is 3.61. The smallest absolute Gasteiger partial charge is 0.00199 e. The standard InChI is InChI=1S/C37H26/c1-25-20-21-32-34(22-25)36(27-14-6-3-7-15-27)30-18-10-11-19-31(30)37(32)35-24-29-17-9-8-16-28(29)23-33(35)26-12-4-2-5-13-26/h2-24H,1H3. The summed E-state index contributed by atoms with van der Waals surface area (Å²) in [6, 6.07) is 50.9. The van der Waals surface area contributed by atoms with Crippen LogP contribution in [0.15, 0.2) is 140 Å². The van der Waals surface area contributed by atoms with E-state index in [-0.39, 0.29) is 0 Å². The maximum atomic E-state index is 2.39. The Morgan fingerprint density at radius 1 is 0.351 bits per heavy atom. The van der Waals surface area contributed by atoms with E-state index in [4.69, 9.17) is 0 Å². The molecule has 0 unspecified atom stereocenters. The summed E-state index contributed by atoms with van der Waals surface area (Å²) in [7, 11) is 0. The Bertz CT molecular complexity index is 1910. The summed E-state index contributed by atoms with van der Waals surface area (Å²) >= 11 is 0. The van der Waals surface area contributed by atoms with Crippen molar-refractivity contribution >= 4 is 32.3 Å². The Labute approximate surface area is 217 Å². The number of hydrogen-bond acceptors (Lipinski definition) is 0. The molecular weight excluding hydrogens is 444 g/mol. The van der Waals surface area contributed by atoms with Gasteiger partial charge >= 0.3 is 0 Å². The first-order valence-corrected chi connectivity index (χ1v) is 12.9. The molecule has 0 aliphatic heterocycles. The summed E-state index contributed by atoms with van der Waals surface area (Å²) < 4.78 is 0. The van der Waals surface area contributed by atoms with Gasteiger partial charge in [0.25, 0.3) is 0 Å². The maximum Gasteiger partial charge on any atom is -0.00199 e. The molecule has 0 aliphatic rings. The van der Waals surface area contributed by atoms with Gasteiger partial charge < -0.3 is 0 Å². The first-order chi connectivity index (χ1) is 18.3. The van der Waals surface area contributed by atoms with E-state index in [0.717, 1.165) is 0 Å². The Morgan fingerprint density at radius 3 is 1.54 bits per heavy atom. The minimum absolute atomic E-state index is 1.24. The molecule has 0 atom stereocenters. The second-order valence-electron chi connectivity index (χ2n) is 9.82. The second kappa shape index (κ2) is 8.76. The Hall–Kier alpha value is -4.68. The number of hydrogen-bond donors (Lipinski definition) is 0. The highest BCUT2D eigenvalue weighted by Crippen LogP contribution is 2.47. The van der Waals surface area contributed by atoms with Crippen LogP contribution in [-0.4, -0.2) is 0 Å². The van der Waals surface area contributed by atoms with Gasteiger partial charge in [-0.1, -0.05) is 133 Å². The van der Waals surface area contributed by atoms with Gasteiger partial charge in [0.15, 0.2) is 0 Å². The fourth-order valence-electron chi connectivity index (χ4n) is 5.80. The second-order valence-corrected chi connectivity index (χ2v) is 9.82. The van der Waals surface area contributed by atoms with Crippen LogP contribution in [0.1, 0.15) is 5.56 Å². The number of aryl methyl sites for hydroxylation is 1. The predicted octanol–water partition coefficient (Wildman–Crippen LogP) is 10.5. The summed E-state index contributed by atoms with van der Waals surface area (Å²) in [5.74, 6) is 0. The third-order valence-corrected chi connectivity index (χ3v) is 7.48. The molecule has 0 heterocycles. The quantitative estimate of drug-likeness (QED) is 0.225. The molecule has 7 rings (SSSR count). The summed E-state index contributed by atoms with van der Waals surface area (Å²) in [6.07, 6.45) is 0. The Morgan fingerprint density at radius 2 is 0.865 bits per heavy atom. The molecule has 0 N–H and O–H groups in total. The van der Waals surface area contributed by atoms with E-state index in [9.17, 15) is 0 Å². The van der Waals surface area contributed by atoms with E-state index in [0.29, 0.717) is 0 Å². The van der Waals surface area contributed by atoms with E-state index in [1.165, 1.54) is 71.3 Å². The van der Waals surface area contributed by atoms with Crippen LogP contribution in [0.4, 0.5) is 0 Å². The van der Waals surface area contributed by atoms with Crippen LogP contribution < -0.4 is 0 Å². The highest BCUT2D eigenvalue weighted by atomic mass is 14.2. The topological polar surface area (TPSA) is 0 Å². The molecule has 37 heavy (non-hydrogen) atoms. The molecule has 0 heteroatoms. The summed E-state index contributed by atoms with van der Waals surface area (Å²) in [5.41, 5.74) is 8.90. The van der Waals surface area contributed by atoms with E-state index >= 15 is 0 Å². The van der Waals surface area contributed by atoms with Crippen molar-refractivity contribution in [3.8, 4) is 33.4 Å². The van der Waals surface area contributed by atoms with Gasteiger partial charge in [0, 0.05) is 0 Å². The van der Waals surface area contributed by atoms with Crippen LogP contribution >= 0.6 is 0 Å². The Balaban J connectivity index is 1.69. The molecule has 174 valence electrons. The zero-order valence-corrected chi connectivity index (χ0v) is 20.8. The molecule has 0 fully saturated rings. The van der Waals surface area contributed by atoms with Gasteiger partial charge in [0.1, 0.15) is 0 Å². The van der Waals surface area contributed by atoms with Crippen molar-refractivity contribution in [1.82, 2.24) is 0 Å². The minimum Gasteiger partial charge on any atom is -0.0622 e. The van der Waals surface area contributed by atoms with E-state index < -0.39 is 0 Å². The predicted molar refractivity (Wildman–Crippen MR) is 160 cm³/mol. The fraction of sp³-hybridized carbons (Fsp3) is 0.0270. The SMILES string of the molecule is Cc1ccc2c(-c3cc4ccccc4cc3-c3ccccc3)c3ccccc3c(-c3ccccc3)c2c1. The number of benzene rings is 7. The van der Waals surface area contributed by atoms with Gasteiger partial charge in [-0.3, -0.25) is 0 Å². The molecule has 0 aliphatic carbocycles. The summed E-state index contributed by atoms with van der Waals surface area (Å²) in [4.78, 5) is 0. The molecule has 0 saturated heterocycles. The molecule has 0 saturated carbocycles. The van der Waals surface area contributed by atoms with Crippen molar-refractivity contribution in [1.29, 1.82) is 0 Å². The average Bonchev–Trinajstić information content (AvgIpc) is 2.96.